The first-order chi connectivity index (χ1) is 8.33. The summed E-state index contributed by atoms with van der Waals surface area (Å²) in [7, 11) is -3.18. The SMILES string of the molecule is CC(NS(=O)(=O)CC/C=C/CC(C)(C)C)C(C)(C)C. The fourth-order valence-corrected chi connectivity index (χ4v) is 2.74. The Bertz CT molecular complexity index is 383. The molecule has 0 saturated carbocycles. The molecule has 0 amide bonds. The van der Waals surface area contributed by atoms with Crippen molar-refractivity contribution in [2.75, 3.05) is 5.75 Å². The van der Waals surface area contributed by atoms with Crippen LogP contribution in [0.3, 0.4) is 0 Å². The van der Waals surface area contributed by atoms with E-state index in [1.807, 2.05) is 33.8 Å². The Labute approximate surface area is 119 Å². The molecule has 1 unspecified atom stereocenters. The first kappa shape index (κ1) is 18.7. The predicted molar refractivity (Wildman–Crippen MR) is 83.7 cm³/mol. The van der Waals surface area contributed by atoms with Gasteiger partial charge in [0.15, 0.2) is 0 Å². The Kier molecular flexibility index (Phi) is 6.76. The average Bonchev–Trinajstić information content (AvgIpc) is 2.12. The van der Waals surface area contributed by atoms with Gasteiger partial charge in [-0.1, -0.05) is 53.7 Å². The number of allylic oxidation sites excluding steroid dienone is 2. The monoisotopic (exact) mass is 289 g/mol. The van der Waals surface area contributed by atoms with E-state index in [0.717, 1.165) is 6.42 Å². The summed E-state index contributed by atoms with van der Waals surface area (Å²) in [6, 6.07) is -0.0592. The molecular formula is C15H31NO2S. The number of hydrogen-bond acceptors (Lipinski definition) is 2. The van der Waals surface area contributed by atoms with Gasteiger partial charge in [0, 0.05) is 6.04 Å². The second kappa shape index (κ2) is 6.89. The van der Waals surface area contributed by atoms with Gasteiger partial charge in [-0.2, -0.15) is 0 Å². The van der Waals surface area contributed by atoms with Gasteiger partial charge in [-0.3, -0.25) is 0 Å². The predicted octanol–water partition coefficient (Wildman–Crippen LogP) is 3.72. The van der Waals surface area contributed by atoms with Gasteiger partial charge in [-0.05, 0) is 30.6 Å². The molecule has 0 fully saturated rings. The third kappa shape index (κ3) is 10.1. The lowest BCUT2D eigenvalue weighted by atomic mass is 9.89. The second-order valence-electron chi connectivity index (χ2n) is 7.55. The Balaban J connectivity index is 4.20. The van der Waals surface area contributed by atoms with Crippen LogP contribution in [0.1, 0.15) is 61.3 Å². The third-order valence-electron chi connectivity index (χ3n) is 3.11. The fraction of sp³-hybridized carbons (Fsp3) is 0.867. The van der Waals surface area contributed by atoms with Gasteiger partial charge in [0.2, 0.25) is 10.0 Å². The molecule has 0 heterocycles. The van der Waals surface area contributed by atoms with Crippen LogP contribution >= 0.6 is 0 Å². The lowest BCUT2D eigenvalue weighted by Gasteiger charge is -2.27. The Morgan fingerprint density at radius 1 is 1.05 bits per heavy atom. The van der Waals surface area contributed by atoms with Crippen LogP contribution in [0.4, 0.5) is 0 Å². The molecule has 0 aromatic rings. The molecule has 0 aromatic carbocycles. The molecule has 0 aliphatic rings. The van der Waals surface area contributed by atoms with Gasteiger partial charge in [0.05, 0.1) is 5.75 Å². The van der Waals surface area contributed by atoms with Crippen molar-refractivity contribution in [1.29, 1.82) is 0 Å². The minimum atomic E-state index is -3.18. The van der Waals surface area contributed by atoms with Crippen molar-refractivity contribution < 1.29 is 8.42 Å². The molecule has 1 atom stereocenters. The van der Waals surface area contributed by atoms with Crippen molar-refractivity contribution >= 4 is 10.0 Å². The van der Waals surface area contributed by atoms with Crippen LogP contribution in [-0.2, 0) is 10.0 Å². The van der Waals surface area contributed by atoms with Gasteiger partial charge in [0.25, 0.3) is 0 Å². The van der Waals surface area contributed by atoms with E-state index in [4.69, 9.17) is 0 Å². The lowest BCUT2D eigenvalue weighted by molar-refractivity contribution is 0.317. The molecular weight excluding hydrogens is 258 g/mol. The molecule has 0 bridgehead atoms. The highest BCUT2D eigenvalue weighted by Gasteiger charge is 2.24. The summed E-state index contributed by atoms with van der Waals surface area (Å²) in [5.41, 5.74) is 0.198. The Hall–Kier alpha value is -0.350. The summed E-state index contributed by atoms with van der Waals surface area (Å²) < 4.78 is 26.5. The van der Waals surface area contributed by atoms with Crippen molar-refractivity contribution in [1.82, 2.24) is 4.72 Å². The highest BCUT2D eigenvalue weighted by molar-refractivity contribution is 7.89. The summed E-state index contributed by atoms with van der Waals surface area (Å²) in [4.78, 5) is 0. The van der Waals surface area contributed by atoms with E-state index in [2.05, 4.69) is 31.6 Å². The third-order valence-corrected chi connectivity index (χ3v) is 4.59. The summed E-state index contributed by atoms with van der Waals surface area (Å²) in [5.74, 6) is 0.161. The first-order valence-electron chi connectivity index (χ1n) is 6.98. The normalized spacial score (nSPS) is 15.9. The van der Waals surface area contributed by atoms with Gasteiger partial charge in [0.1, 0.15) is 0 Å². The number of nitrogens with one attached hydrogen (secondary N) is 1. The lowest BCUT2D eigenvalue weighted by Crippen LogP contribution is -2.42. The van der Waals surface area contributed by atoms with E-state index < -0.39 is 10.0 Å². The van der Waals surface area contributed by atoms with Crippen LogP contribution in [0, 0.1) is 10.8 Å². The zero-order valence-electron chi connectivity index (χ0n) is 13.6. The van der Waals surface area contributed by atoms with Gasteiger partial charge in [-0.15, -0.1) is 0 Å². The van der Waals surface area contributed by atoms with Crippen LogP contribution < -0.4 is 4.72 Å². The summed E-state index contributed by atoms with van der Waals surface area (Å²) in [6.07, 6.45) is 5.58. The maximum absolute atomic E-state index is 11.9. The van der Waals surface area contributed by atoms with Crippen LogP contribution in [0.5, 0.6) is 0 Å². The van der Waals surface area contributed by atoms with Crippen molar-refractivity contribution in [3.63, 3.8) is 0 Å². The van der Waals surface area contributed by atoms with Crippen LogP contribution in [0.2, 0.25) is 0 Å². The summed E-state index contributed by atoms with van der Waals surface area (Å²) >= 11 is 0. The molecule has 4 heteroatoms. The van der Waals surface area contributed by atoms with Crippen molar-refractivity contribution in [3.05, 3.63) is 12.2 Å². The summed E-state index contributed by atoms with van der Waals surface area (Å²) in [6.45, 7) is 14.5. The van der Waals surface area contributed by atoms with E-state index in [1.54, 1.807) is 0 Å². The zero-order chi connectivity index (χ0) is 15.3. The molecule has 19 heavy (non-hydrogen) atoms. The smallest absolute Gasteiger partial charge is 0.212 e. The molecule has 0 saturated heterocycles. The number of rotatable bonds is 6. The topological polar surface area (TPSA) is 46.2 Å². The van der Waals surface area contributed by atoms with E-state index in [1.165, 1.54) is 0 Å². The molecule has 0 aromatic heterocycles. The van der Waals surface area contributed by atoms with Crippen molar-refractivity contribution in [2.45, 2.75) is 67.3 Å². The van der Waals surface area contributed by atoms with Crippen molar-refractivity contribution in [3.8, 4) is 0 Å². The zero-order valence-corrected chi connectivity index (χ0v) is 14.4. The minimum Gasteiger partial charge on any atom is -0.212 e. The number of sulfonamides is 1. The quantitative estimate of drug-likeness (QED) is 0.757. The molecule has 0 radical (unpaired) electrons. The van der Waals surface area contributed by atoms with Crippen molar-refractivity contribution in [2.24, 2.45) is 10.8 Å². The van der Waals surface area contributed by atoms with Crippen LogP contribution in [0.25, 0.3) is 0 Å². The fourth-order valence-electron chi connectivity index (χ4n) is 1.28. The van der Waals surface area contributed by atoms with Gasteiger partial charge >= 0.3 is 0 Å². The van der Waals surface area contributed by atoms with E-state index in [-0.39, 0.29) is 22.6 Å². The molecule has 3 nitrogen and oxygen atoms in total. The number of hydrogen-bond donors (Lipinski definition) is 1. The maximum atomic E-state index is 11.9. The Morgan fingerprint density at radius 3 is 2.00 bits per heavy atom. The van der Waals surface area contributed by atoms with E-state index >= 15 is 0 Å². The second-order valence-corrected chi connectivity index (χ2v) is 9.42. The maximum Gasteiger partial charge on any atom is 0.212 e. The molecule has 0 aliphatic carbocycles. The van der Waals surface area contributed by atoms with Crippen LogP contribution in [0.15, 0.2) is 12.2 Å². The first-order valence-corrected chi connectivity index (χ1v) is 8.64. The van der Waals surface area contributed by atoms with E-state index in [0.29, 0.717) is 6.42 Å². The minimum absolute atomic E-state index is 0.0592. The Morgan fingerprint density at radius 2 is 1.58 bits per heavy atom. The van der Waals surface area contributed by atoms with Gasteiger partial charge in [-0.25, -0.2) is 13.1 Å². The highest BCUT2D eigenvalue weighted by Crippen LogP contribution is 2.20. The van der Waals surface area contributed by atoms with E-state index in [9.17, 15) is 8.42 Å². The molecule has 0 spiro atoms. The highest BCUT2D eigenvalue weighted by atomic mass is 32.2. The molecule has 1 N–H and O–H groups in total. The largest absolute Gasteiger partial charge is 0.212 e. The molecule has 0 rings (SSSR count). The van der Waals surface area contributed by atoms with Gasteiger partial charge < -0.3 is 0 Å². The molecule has 0 aliphatic heterocycles. The summed E-state index contributed by atoms with van der Waals surface area (Å²) in [5, 5.41) is 0. The molecule has 114 valence electrons. The van der Waals surface area contributed by atoms with Crippen LogP contribution in [-0.4, -0.2) is 20.2 Å². The standard InChI is InChI=1S/C15H31NO2S/c1-13(15(5,6)7)16-19(17,18)12-10-8-9-11-14(2,3)4/h8-9,13,16H,10-12H2,1-7H3/b9-8+. The average molecular weight is 289 g/mol.